The van der Waals surface area contributed by atoms with Gasteiger partial charge in [-0.1, -0.05) is 118 Å². The van der Waals surface area contributed by atoms with Crippen LogP contribution in [0.4, 0.5) is 0 Å². The molecule has 0 bridgehead atoms. The molecule has 0 aromatic heterocycles. The predicted molar refractivity (Wildman–Crippen MR) is 146 cm³/mol. The maximum atomic E-state index is 13.1. The molecule has 5 heteroatoms. The van der Waals surface area contributed by atoms with Crippen LogP contribution >= 0.6 is 7.75 Å². The monoisotopic (exact) mass is 487 g/mol. The largest absolute Gasteiger partial charge is 0.405 e. The Morgan fingerprint density at radius 2 is 1.03 bits per heavy atom. The number of hydrogen-bond acceptors (Lipinski definition) is 3. The summed E-state index contributed by atoms with van der Waals surface area (Å²) in [5.41, 5.74) is -0.0995. The highest BCUT2D eigenvalue weighted by molar-refractivity contribution is 7.51. The van der Waals surface area contributed by atoms with Gasteiger partial charge in [-0.3, -0.25) is 9.05 Å². The molecule has 0 saturated heterocycles. The summed E-state index contributed by atoms with van der Waals surface area (Å²) in [6.45, 7) is 16.2. The van der Waals surface area contributed by atoms with Crippen LogP contribution < -0.4 is 5.09 Å². The van der Waals surface area contributed by atoms with Gasteiger partial charge in [0.15, 0.2) is 0 Å². The number of nitrogens with one attached hydrogen (secondary N) is 1. The Morgan fingerprint density at radius 3 is 1.45 bits per heavy atom. The molecule has 0 aliphatic carbocycles. The van der Waals surface area contributed by atoms with Gasteiger partial charge in [0.1, 0.15) is 0 Å². The van der Waals surface area contributed by atoms with E-state index >= 15 is 0 Å². The van der Waals surface area contributed by atoms with E-state index < -0.39 is 7.75 Å². The van der Waals surface area contributed by atoms with Crippen molar-refractivity contribution < 1.29 is 13.6 Å². The van der Waals surface area contributed by atoms with Crippen molar-refractivity contribution in [3.05, 3.63) is 12.2 Å². The third kappa shape index (κ3) is 24.8. The van der Waals surface area contributed by atoms with E-state index in [2.05, 4.69) is 65.7 Å². The van der Waals surface area contributed by atoms with Crippen molar-refractivity contribution in [3.8, 4) is 0 Å². The molecule has 0 aliphatic heterocycles. The van der Waals surface area contributed by atoms with E-state index in [1.807, 2.05) is 0 Å². The molecule has 0 heterocycles. The standard InChI is InChI=1S/C28H58NO3P/c1-8-9-10-11-12-13-14-15-16-17-18-19-20-21-22-23-24-29-33(30,31-25-27(2,3)4)32-26-28(5,6)7/h15-16H,8-14,17-26H2,1-7H3,(H,29,30)/b16-15-. The van der Waals surface area contributed by atoms with E-state index in [1.165, 1.54) is 77.0 Å². The molecule has 0 atom stereocenters. The fourth-order valence-electron chi connectivity index (χ4n) is 3.27. The van der Waals surface area contributed by atoms with Crippen molar-refractivity contribution in [3.63, 3.8) is 0 Å². The fraction of sp³-hybridized carbons (Fsp3) is 0.929. The van der Waals surface area contributed by atoms with Crippen LogP contribution in [0.5, 0.6) is 0 Å². The number of unbranched alkanes of at least 4 members (excludes halogenated alkanes) is 12. The summed E-state index contributed by atoms with van der Waals surface area (Å²) in [5.74, 6) is 0. The first-order valence-electron chi connectivity index (χ1n) is 13.8. The molecule has 0 aliphatic rings. The average molecular weight is 488 g/mol. The van der Waals surface area contributed by atoms with Gasteiger partial charge in [-0.25, -0.2) is 9.65 Å². The summed E-state index contributed by atoms with van der Waals surface area (Å²) in [4.78, 5) is 0. The number of allylic oxidation sites excluding steroid dienone is 2. The molecular weight excluding hydrogens is 429 g/mol. The highest BCUT2D eigenvalue weighted by Gasteiger charge is 2.29. The first kappa shape index (κ1) is 32.8. The Balaban J connectivity index is 3.81. The molecule has 0 aromatic carbocycles. The van der Waals surface area contributed by atoms with Crippen molar-refractivity contribution in [2.24, 2.45) is 10.8 Å². The van der Waals surface area contributed by atoms with Gasteiger partial charge < -0.3 is 0 Å². The lowest BCUT2D eigenvalue weighted by Gasteiger charge is -2.27. The minimum absolute atomic E-state index is 0.0497. The quantitative estimate of drug-likeness (QED) is 0.0994. The second kappa shape index (κ2) is 19.1. The molecule has 0 saturated carbocycles. The van der Waals surface area contributed by atoms with E-state index in [9.17, 15) is 4.57 Å². The normalized spacial score (nSPS) is 13.3. The van der Waals surface area contributed by atoms with Crippen molar-refractivity contribution in [2.75, 3.05) is 19.8 Å². The lowest BCUT2D eigenvalue weighted by Crippen LogP contribution is -2.24. The van der Waals surface area contributed by atoms with Crippen LogP contribution in [0.15, 0.2) is 12.2 Å². The Kier molecular flexibility index (Phi) is 19.0. The van der Waals surface area contributed by atoms with Gasteiger partial charge in [0.2, 0.25) is 0 Å². The van der Waals surface area contributed by atoms with Crippen LogP contribution in [0.1, 0.15) is 138 Å². The summed E-state index contributed by atoms with van der Waals surface area (Å²) in [7, 11) is -3.26. The molecule has 4 nitrogen and oxygen atoms in total. The van der Waals surface area contributed by atoms with E-state index in [0.717, 1.165) is 12.8 Å². The Hall–Kier alpha value is -0.150. The second-order valence-electron chi connectivity index (χ2n) is 12.0. The number of hydrogen-bond donors (Lipinski definition) is 1. The average Bonchev–Trinajstić information content (AvgIpc) is 2.72. The molecule has 0 rings (SSSR count). The Morgan fingerprint density at radius 1 is 0.636 bits per heavy atom. The van der Waals surface area contributed by atoms with Crippen LogP contribution in [0.25, 0.3) is 0 Å². The van der Waals surface area contributed by atoms with Crippen LogP contribution in [0.3, 0.4) is 0 Å². The van der Waals surface area contributed by atoms with E-state index in [4.69, 9.17) is 9.05 Å². The summed E-state index contributed by atoms with van der Waals surface area (Å²) < 4.78 is 24.6. The molecule has 198 valence electrons. The van der Waals surface area contributed by atoms with E-state index in [-0.39, 0.29) is 10.8 Å². The van der Waals surface area contributed by atoms with Crippen LogP contribution in [-0.2, 0) is 13.6 Å². The summed E-state index contributed by atoms with van der Waals surface area (Å²) in [5, 5.41) is 3.09. The summed E-state index contributed by atoms with van der Waals surface area (Å²) in [6.07, 6.45) is 22.8. The topological polar surface area (TPSA) is 47.6 Å². The molecule has 0 spiro atoms. The SMILES string of the molecule is CCCCCCCC/C=C\CCCCCCCCNP(=O)(OCC(C)(C)C)OCC(C)(C)C. The zero-order valence-electron chi connectivity index (χ0n) is 23.3. The minimum atomic E-state index is -3.26. The third-order valence-electron chi connectivity index (χ3n) is 5.33. The van der Waals surface area contributed by atoms with Gasteiger partial charge in [-0.05, 0) is 42.9 Å². The summed E-state index contributed by atoms with van der Waals surface area (Å²) >= 11 is 0. The lowest BCUT2D eigenvalue weighted by atomic mass is 9.99. The molecule has 0 fully saturated rings. The Bertz CT molecular complexity index is 498. The first-order valence-corrected chi connectivity index (χ1v) is 15.3. The molecular formula is C28H58NO3P. The van der Waals surface area contributed by atoms with Crippen LogP contribution in [0.2, 0.25) is 0 Å². The van der Waals surface area contributed by atoms with E-state index in [0.29, 0.717) is 19.8 Å². The van der Waals surface area contributed by atoms with Crippen molar-refractivity contribution in [1.82, 2.24) is 5.09 Å². The Labute approximate surface area is 207 Å². The molecule has 33 heavy (non-hydrogen) atoms. The fourth-order valence-corrected chi connectivity index (χ4v) is 5.08. The maximum absolute atomic E-state index is 13.1. The molecule has 0 aromatic rings. The maximum Gasteiger partial charge on any atom is 0.405 e. The lowest BCUT2D eigenvalue weighted by molar-refractivity contribution is 0.117. The third-order valence-corrected chi connectivity index (χ3v) is 6.88. The first-order chi connectivity index (χ1) is 15.5. The van der Waals surface area contributed by atoms with Gasteiger partial charge in [-0.15, -0.1) is 0 Å². The van der Waals surface area contributed by atoms with Gasteiger partial charge in [0.05, 0.1) is 13.2 Å². The summed E-state index contributed by atoms with van der Waals surface area (Å²) in [6, 6.07) is 0. The zero-order valence-corrected chi connectivity index (χ0v) is 24.2. The highest BCUT2D eigenvalue weighted by atomic mass is 31.2. The highest BCUT2D eigenvalue weighted by Crippen LogP contribution is 2.46. The molecule has 0 amide bonds. The van der Waals surface area contributed by atoms with Crippen LogP contribution in [0, 0.1) is 10.8 Å². The van der Waals surface area contributed by atoms with Crippen molar-refractivity contribution in [1.29, 1.82) is 0 Å². The van der Waals surface area contributed by atoms with Gasteiger partial charge >= 0.3 is 7.75 Å². The van der Waals surface area contributed by atoms with Gasteiger partial charge in [-0.2, -0.15) is 0 Å². The molecule has 1 N–H and O–H groups in total. The predicted octanol–water partition coefficient (Wildman–Crippen LogP) is 9.85. The van der Waals surface area contributed by atoms with Gasteiger partial charge in [0.25, 0.3) is 0 Å². The van der Waals surface area contributed by atoms with Crippen molar-refractivity contribution in [2.45, 2.75) is 138 Å². The van der Waals surface area contributed by atoms with Crippen molar-refractivity contribution >= 4 is 7.75 Å². The van der Waals surface area contributed by atoms with Gasteiger partial charge in [0, 0.05) is 6.54 Å². The smallest absolute Gasteiger partial charge is 0.296 e. The molecule has 0 unspecified atom stereocenters. The van der Waals surface area contributed by atoms with E-state index in [1.54, 1.807) is 0 Å². The second-order valence-corrected chi connectivity index (χ2v) is 13.8. The number of rotatable bonds is 21. The molecule has 0 radical (unpaired) electrons. The zero-order chi connectivity index (χ0) is 25.1. The minimum Gasteiger partial charge on any atom is -0.296 e. The van der Waals surface area contributed by atoms with Crippen LogP contribution in [-0.4, -0.2) is 19.8 Å².